The van der Waals surface area contributed by atoms with Crippen LogP contribution in [-0.4, -0.2) is 37.9 Å². The lowest BCUT2D eigenvalue weighted by atomic mass is 9.95. The third-order valence-corrected chi connectivity index (χ3v) is 11.1. The standard InChI is InChI=1S/C24H25NO3.C20H18FNO2/c26-24(27)19-8-5-11-23(28-15-16-12-13-16)20(19)14-25-21-9-3-1-6-17(21)18-7-2-4-10-22(18)25;21-14-9-10-17-16-7-3-4-8-18(16)22(19(17)11-14)12-13-5-1-2-6-15(13)20(23)24/h1,3,5-6,8-9,11,16H,2,4,7,10,12-15H2,(H,26,27);1-2,5-6,9-11H,3-4,7-8,12H2,(H,23,24). The van der Waals surface area contributed by atoms with E-state index >= 15 is 0 Å². The third-order valence-electron chi connectivity index (χ3n) is 11.1. The van der Waals surface area contributed by atoms with Crippen molar-refractivity contribution in [3.05, 3.63) is 136 Å². The molecule has 52 heavy (non-hydrogen) atoms. The zero-order valence-electron chi connectivity index (χ0n) is 29.2. The maximum Gasteiger partial charge on any atom is 0.336 e. The average Bonchev–Trinajstić information content (AvgIpc) is 3.89. The maximum absolute atomic E-state index is 13.8. The van der Waals surface area contributed by atoms with Crippen molar-refractivity contribution in [2.24, 2.45) is 5.92 Å². The zero-order chi connectivity index (χ0) is 35.8. The smallest absolute Gasteiger partial charge is 0.336 e. The summed E-state index contributed by atoms with van der Waals surface area (Å²) in [6, 6.07) is 25.9. The molecule has 266 valence electrons. The number of carbonyl (C=O) groups is 2. The second-order valence-electron chi connectivity index (χ2n) is 14.4. The predicted molar refractivity (Wildman–Crippen MR) is 200 cm³/mol. The number of fused-ring (bicyclic) bond motifs is 6. The second kappa shape index (κ2) is 14.3. The molecular weight excluding hydrogens is 655 g/mol. The molecule has 3 aliphatic rings. The van der Waals surface area contributed by atoms with Crippen LogP contribution in [0.4, 0.5) is 4.39 Å². The van der Waals surface area contributed by atoms with E-state index in [2.05, 4.69) is 33.4 Å². The van der Waals surface area contributed by atoms with E-state index in [0.29, 0.717) is 42.5 Å². The first-order valence-corrected chi connectivity index (χ1v) is 18.5. The molecule has 0 spiro atoms. The van der Waals surface area contributed by atoms with Crippen LogP contribution < -0.4 is 4.74 Å². The van der Waals surface area contributed by atoms with Crippen molar-refractivity contribution in [2.45, 2.75) is 77.3 Å². The molecule has 0 radical (unpaired) electrons. The lowest BCUT2D eigenvalue weighted by molar-refractivity contribution is 0.0684. The summed E-state index contributed by atoms with van der Waals surface area (Å²) in [5, 5.41) is 21.6. The van der Waals surface area contributed by atoms with Crippen LogP contribution in [0.3, 0.4) is 0 Å². The Morgan fingerprint density at radius 1 is 0.673 bits per heavy atom. The van der Waals surface area contributed by atoms with Gasteiger partial charge in [0.2, 0.25) is 0 Å². The summed E-state index contributed by atoms with van der Waals surface area (Å²) in [6.45, 7) is 1.68. The fraction of sp³-hybridized carbons (Fsp3) is 0.318. The van der Waals surface area contributed by atoms with Crippen LogP contribution in [-0.2, 0) is 38.8 Å². The van der Waals surface area contributed by atoms with E-state index in [1.165, 1.54) is 65.2 Å². The van der Waals surface area contributed by atoms with Crippen molar-refractivity contribution < 1.29 is 28.9 Å². The molecule has 0 saturated heterocycles. The summed E-state index contributed by atoms with van der Waals surface area (Å²) in [5.74, 6) is -0.736. The van der Waals surface area contributed by atoms with Gasteiger partial charge in [-0.05, 0) is 129 Å². The summed E-state index contributed by atoms with van der Waals surface area (Å²) in [6.07, 6.45) is 11.2. The number of carboxylic acid groups (broad SMARTS) is 2. The van der Waals surface area contributed by atoms with Crippen LogP contribution >= 0.6 is 0 Å². The van der Waals surface area contributed by atoms with Gasteiger partial charge in [0.1, 0.15) is 11.6 Å². The minimum Gasteiger partial charge on any atom is -0.493 e. The molecule has 2 aromatic heterocycles. The van der Waals surface area contributed by atoms with Crippen LogP contribution in [0, 0.1) is 11.7 Å². The molecule has 7 nitrogen and oxygen atoms in total. The Labute approximate surface area is 302 Å². The Morgan fingerprint density at radius 3 is 2.00 bits per heavy atom. The first kappa shape index (κ1) is 33.8. The molecule has 6 aromatic rings. The fourth-order valence-corrected chi connectivity index (χ4v) is 8.31. The second-order valence-corrected chi connectivity index (χ2v) is 14.4. The molecular formula is C44H43FN2O5. The van der Waals surface area contributed by atoms with Gasteiger partial charge in [-0.15, -0.1) is 0 Å². The molecule has 1 saturated carbocycles. The summed E-state index contributed by atoms with van der Waals surface area (Å²) < 4.78 is 24.3. The van der Waals surface area contributed by atoms with Gasteiger partial charge in [-0.2, -0.15) is 0 Å². The van der Waals surface area contributed by atoms with Crippen molar-refractivity contribution in [3.8, 4) is 5.75 Å². The van der Waals surface area contributed by atoms with Gasteiger partial charge >= 0.3 is 11.9 Å². The van der Waals surface area contributed by atoms with E-state index in [1.807, 2.05) is 24.3 Å². The largest absolute Gasteiger partial charge is 0.493 e. The van der Waals surface area contributed by atoms with Gasteiger partial charge in [-0.3, -0.25) is 0 Å². The number of nitrogens with zero attached hydrogens (tertiary/aromatic N) is 2. The highest BCUT2D eigenvalue weighted by molar-refractivity contribution is 5.91. The Hall–Kier alpha value is -5.37. The fourth-order valence-electron chi connectivity index (χ4n) is 8.31. The van der Waals surface area contributed by atoms with Gasteiger partial charge in [0.05, 0.1) is 29.8 Å². The number of halogens is 1. The quantitative estimate of drug-likeness (QED) is 0.157. The first-order chi connectivity index (χ1) is 25.4. The summed E-state index contributed by atoms with van der Waals surface area (Å²) in [4.78, 5) is 23.4. The summed E-state index contributed by atoms with van der Waals surface area (Å²) >= 11 is 0. The lowest BCUT2D eigenvalue weighted by Crippen LogP contribution is -2.14. The highest BCUT2D eigenvalue weighted by Crippen LogP contribution is 2.36. The number of aryl methyl sites for hydroxylation is 2. The van der Waals surface area contributed by atoms with Crippen LogP contribution in [0.25, 0.3) is 21.8 Å². The number of benzene rings is 4. The van der Waals surface area contributed by atoms with E-state index in [4.69, 9.17) is 4.74 Å². The van der Waals surface area contributed by atoms with E-state index < -0.39 is 11.9 Å². The van der Waals surface area contributed by atoms with Crippen LogP contribution in [0.1, 0.15) is 92.9 Å². The van der Waals surface area contributed by atoms with Gasteiger partial charge in [-0.25, -0.2) is 14.0 Å². The van der Waals surface area contributed by atoms with Crippen LogP contribution in [0.5, 0.6) is 5.75 Å². The SMILES string of the molecule is O=C(O)c1cccc(OCC2CC2)c1Cn1c2c(c3ccccc31)CCCC2.O=C(O)c1ccccc1Cn1c2c(c3ccc(F)cc31)CCCC2. The van der Waals surface area contributed by atoms with Crippen molar-refractivity contribution in [3.63, 3.8) is 0 Å². The number of ether oxygens (including phenoxy) is 1. The molecule has 2 N–H and O–H groups in total. The number of carboxylic acids is 2. The number of hydrogen-bond acceptors (Lipinski definition) is 3. The number of aromatic carboxylic acids is 2. The molecule has 3 aliphatic carbocycles. The van der Waals surface area contributed by atoms with Crippen molar-refractivity contribution >= 4 is 33.7 Å². The van der Waals surface area contributed by atoms with Crippen molar-refractivity contribution in [1.82, 2.24) is 9.13 Å². The minimum atomic E-state index is -0.929. The Morgan fingerprint density at radius 2 is 1.29 bits per heavy atom. The maximum atomic E-state index is 13.8. The molecule has 0 bridgehead atoms. The van der Waals surface area contributed by atoms with Crippen molar-refractivity contribution in [1.29, 1.82) is 0 Å². The molecule has 2 heterocycles. The molecule has 4 aromatic carbocycles. The number of para-hydroxylation sites is 1. The minimum absolute atomic E-state index is 0.259. The van der Waals surface area contributed by atoms with Gasteiger partial charge in [-0.1, -0.05) is 42.5 Å². The molecule has 0 unspecified atom stereocenters. The lowest BCUT2D eigenvalue weighted by Gasteiger charge is -2.19. The molecule has 0 aliphatic heterocycles. The van der Waals surface area contributed by atoms with E-state index in [1.54, 1.807) is 30.3 Å². The van der Waals surface area contributed by atoms with Crippen LogP contribution in [0.15, 0.2) is 84.9 Å². The number of rotatable bonds is 9. The predicted octanol–water partition coefficient (Wildman–Crippen LogP) is 9.46. The molecule has 0 amide bonds. The molecule has 1 fully saturated rings. The zero-order valence-corrected chi connectivity index (χ0v) is 29.2. The van der Waals surface area contributed by atoms with Gasteiger partial charge in [0, 0.05) is 39.8 Å². The normalized spacial score (nSPS) is 15.1. The molecule has 9 rings (SSSR count). The molecule has 8 heteroatoms. The molecule has 0 atom stereocenters. The number of hydrogen-bond donors (Lipinski definition) is 2. The average molecular weight is 699 g/mol. The van der Waals surface area contributed by atoms with Gasteiger partial charge in [0.15, 0.2) is 0 Å². The van der Waals surface area contributed by atoms with Gasteiger partial charge in [0.25, 0.3) is 0 Å². The Balaban J connectivity index is 0.000000151. The van der Waals surface area contributed by atoms with E-state index in [9.17, 15) is 24.2 Å². The topological polar surface area (TPSA) is 93.7 Å². The van der Waals surface area contributed by atoms with Crippen LogP contribution in [0.2, 0.25) is 0 Å². The highest BCUT2D eigenvalue weighted by Gasteiger charge is 2.26. The van der Waals surface area contributed by atoms with E-state index in [0.717, 1.165) is 60.6 Å². The third kappa shape index (κ3) is 6.58. The van der Waals surface area contributed by atoms with Crippen molar-refractivity contribution in [2.75, 3.05) is 6.61 Å². The Kier molecular flexibility index (Phi) is 9.30. The highest BCUT2D eigenvalue weighted by atomic mass is 19.1. The Bertz CT molecular complexity index is 2310. The summed E-state index contributed by atoms with van der Waals surface area (Å²) in [7, 11) is 0. The first-order valence-electron chi connectivity index (χ1n) is 18.5. The number of aromatic nitrogens is 2. The van der Waals surface area contributed by atoms with Gasteiger partial charge < -0.3 is 24.1 Å². The summed E-state index contributed by atoms with van der Waals surface area (Å²) in [5.41, 5.74) is 9.56. The van der Waals surface area contributed by atoms with E-state index in [-0.39, 0.29) is 5.82 Å². The monoisotopic (exact) mass is 698 g/mol.